The molecule has 0 aliphatic rings. The number of halogens is 1. The smallest absolute Gasteiger partial charge is 0.252 e. The highest BCUT2D eigenvalue weighted by atomic mass is 28.4. The molecular weight excluding hydrogens is 315 g/mol. The molecule has 0 fully saturated rings. The van der Waals surface area contributed by atoms with Gasteiger partial charge in [-0.25, -0.2) is 0 Å². The van der Waals surface area contributed by atoms with Gasteiger partial charge in [0.05, 0.1) is 0 Å². The molecule has 0 heterocycles. The summed E-state index contributed by atoms with van der Waals surface area (Å²) < 4.78 is 15.5. The van der Waals surface area contributed by atoms with Crippen molar-refractivity contribution < 1.29 is 8.90 Å². The molecule has 0 radical (unpaired) electrons. The summed E-state index contributed by atoms with van der Waals surface area (Å²) in [7, 11) is -2.78. The predicted molar refractivity (Wildman–Crippen MR) is 105 cm³/mol. The van der Waals surface area contributed by atoms with Crippen molar-refractivity contribution in [3.63, 3.8) is 0 Å². The minimum absolute atomic E-state index is 0.135. The number of ketones is 1. The lowest BCUT2D eigenvalue weighted by Gasteiger charge is -2.33. The molecule has 0 N–H and O–H groups in total. The van der Waals surface area contributed by atoms with Crippen molar-refractivity contribution in [1.29, 1.82) is 0 Å². The molecule has 1 aromatic carbocycles. The summed E-state index contributed by atoms with van der Waals surface area (Å²) in [6, 6.07) is 10.1. The van der Waals surface area contributed by atoms with E-state index < -0.39 is 8.41 Å². The first kappa shape index (κ1) is 20.8. The third-order valence-electron chi connectivity index (χ3n) is 5.13. The Morgan fingerprint density at radius 2 is 1.75 bits per heavy atom. The number of rotatable bonds is 11. The fourth-order valence-electron chi connectivity index (χ4n) is 3.44. The minimum atomic E-state index is -2.78. The van der Waals surface area contributed by atoms with Crippen molar-refractivity contribution in [2.45, 2.75) is 70.5 Å². The zero-order valence-corrected chi connectivity index (χ0v) is 16.7. The van der Waals surface area contributed by atoms with Crippen LogP contribution in [0.1, 0.15) is 63.7 Å². The van der Waals surface area contributed by atoms with Crippen LogP contribution in [0.25, 0.3) is 0 Å². The first-order chi connectivity index (χ1) is 11.3. The van der Waals surface area contributed by atoms with Gasteiger partial charge in [-0.2, -0.15) is 0 Å². The fraction of sp³-hybridized carbons (Fsp3) is 0.571. The molecule has 0 aromatic heterocycles. The highest BCUT2D eigenvalue weighted by Crippen LogP contribution is 2.41. The Labute approximate surface area is 148 Å². The van der Waals surface area contributed by atoms with Crippen LogP contribution >= 0.6 is 0 Å². The Morgan fingerprint density at radius 1 is 1.17 bits per heavy atom. The maximum atomic E-state index is 15.5. The van der Waals surface area contributed by atoms with E-state index in [0.717, 1.165) is 24.8 Å². The molecule has 0 amide bonds. The fourth-order valence-corrected chi connectivity index (χ4v) is 6.97. The monoisotopic (exact) mass is 348 g/mol. The molecule has 0 aliphatic carbocycles. The molecule has 0 saturated heterocycles. The molecule has 1 aromatic rings. The van der Waals surface area contributed by atoms with Gasteiger partial charge in [0.25, 0.3) is 8.41 Å². The zero-order valence-electron chi connectivity index (χ0n) is 15.7. The number of carbonyl (C=O) groups excluding carboxylic acids is 1. The van der Waals surface area contributed by atoms with E-state index in [4.69, 9.17) is 0 Å². The summed E-state index contributed by atoms with van der Waals surface area (Å²) in [4.78, 5) is 12.2. The molecule has 0 spiro atoms. The average molecular weight is 349 g/mol. The lowest BCUT2D eigenvalue weighted by atomic mass is 9.98. The van der Waals surface area contributed by atoms with Crippen LogP contribution < -0.4 is 0 Å². The van der Waals surface area contributed by atoms with Crippen molar-refractivity contribution in [2.75, 3.05) is 0 Å². The lowest BCUT2D eigenvalue weighted by molar-refractivity contribution is 0.0978. The third kappa shape index (κ3) is 6.01. The Hall–Kier alpha value is -1.22. The van der Waals surface area contributed by atoms with E-state index in [2.05, 4.69) is 6.58 Å². The summed E-state index contributed by atoms with van der Waals surface area (Å²) in [6.07, 6.45) is 5.02. The largest absolute Gasteiger partial charge is 0.313 e. The van der Waals surface area contributed by atoms with Crippen molar-refractivity contribution in [3.8, 4) is 0 Å². The molecule has 0 aliphatic heterocycles. The van der Waals surface area contributed by atoms with E-state index in [1.54, 1.807) is 0 Å². The maximum absolute atomic E-state index is 15.5. The second-order valence-electron chi connectivity index (χ2n) is 7.51. The topological polar surface area (TPSA) is 17.1 Å². The molecular formula is C21H33FOSi. The molecule has 24 heavy (non-hydrogen) atoms. The van der Waals surface area contributed by atoms with Crippen molar-refractivity contribution in [3.05, 3.63) is 48.6 Å². The number of Topliss-reactive ketones (excluding diaryl/α,β-unsaturated/α-hetero) is 1. The van der Waals surface area contributed by atoms with Crippen LogP contribution in [0.15, 0.2) is 43.0 Å². The molecule has 0 saturated carbocycles. The molecule has 1 atom stereocenters. The van der Waals surface area contributed by atoms with Crippen LogP contribution in [0.4, 0.5) is 4.11 Å². The molecule has 1 rings (SSSR count). The standard InChI is InChI=1S/C21H33FOSi/c1-6-11-19(16-24(22,17(2)3)18(4)5)12-10-15-21(23)20-13-8-7-9-14-20/h6-9,13-14,17-19H,1,10-12,15-16H2,2-5H3. The molecule has 1 unspecified atom stereocenters. The van der Waals surface area contributed by atoms with Crippen molar-refractivity contribution >= 4 is 14.2 Å². The molecule has 3 heteroatoms. The quantitative estimate of drug-likeness (QED) is 0.183. The summed E-state index contributed by atoms with van der Waals surface area (Å²) >= 11 is 0. The van der Waals surface area contributed by atoms with Gasteiger partial charge in [-0.15, -0.1) is 6.58 Å². The third-order valence-corrected chi connectivity index (χ3v) is 10.2. The highest BCUT2D eigenvalue weighted by molar-refractivity contribution is 6.75. The SMILES string of the molecule is C=CCC(CCCC(=O)c1ccccc1)C[Si](F)(C(C)C)C(C)C. The predicted octanol–water partition coefficient (Wildman–Crippen LogP) is 6.97. The van der Waals surface area contributed by atoms with Gasteiger partial charge in [-0.3, -0.25) is 4.79 Å². The van der Waals surface area contributed by atoms with Gasteiger partial charge in [0.2, 0.25) is 0 Å². The van der Waals surface area contributed by atoms with Crippen LogP contribution in [0, 0.1) is 5.92 Å². The zero-order chi connectivity index (χ0) is 18.2. The highest BCUT2D eigenvalue weighted by Gasteiger charge is 2.42. The summed E-state index contributed by atoms with van der Waals surface area (Å²) in [5.74, 6) is 0.497. The molecule has 1 nitrogen and oxygen atoms in total. The number of carbonyl (C=O) groups is 1. The van der Waals surface area contributed by atoms with Gasteiger partial charge < -0.3 is 4.11 Å². The molecule has 134 valence electrons. The Morgan fingerprint density at radius 3 is 2.25 bits per heavy atom. The van der Waals surface area contributed by atoms with Gasteiger partial charge in [-0.1, -0.05) is 64.1 Å². The Bertz CT molecular complexity index is 502. The molecule has 0 bridgehead atoms. The average Bonchev–Trinajstić information content (AvgIpc) is 2.55. The van der Waals surface area contributed by atoms with E-state index in [9.17, 15) is 4.79 Å². The van der Waals surface area contributed by atoms with Gasteiger partial charge >= 0.3 is 0 Å². The summed E-state index contributed by atoms with van der Waals surface area (Å²) in [5, 5.41) is 0. The van der Waals surface area contributed by atoms with E-state index in [-0.39, 0.29) is 16.9 Å². The van der Waals surface area contributed by atoms with Crippen LogP contribution in [0.2, 0.25) is 17.1 Å². The second kappa shape index (κ2) is 9.92. The van der Waals surface area contributed by atoms with Crippen LogP contribution in [-0.2, 0) is 0 Å². The Kier molecular flexibility index (Phi) is 8.61. The maximum Gasteiger partial charge on any atom is 0.252 e. The van der Waals surface area contributed by atoms with Gasteiger partial charge in [0.15, 0.2) is 5.78 Å². The van der Waals surface area contributed by atoms with Crippen LogP contribution in [-0.4, -0.2) is 14.2 Å². The van der Waals surface area contributed by atoms with E-state index in [1.165, 1.54) is 0 Å². The number of hydrogen-bond acceptors (Lipinski definition) is 1. The normalized spacial score (nSPS) is 13.3. The van der Waals surface area contributed by atoms with E-state index in [0.29, 0.717) is 18.4 Å². The first-order valence-corrected chi connectivity index (χ1v) is 11.4. The lowest BCUT2D eigenvalue weighted by Crippen LogP contribution is -2.38. The second-order valence-corrected chi connectivity index (χ2v) is 12.1. The number of allylic oxidation sites excluding steroid dienone is 1. The summed E-state index contributed by atoms with van der Waals surface area (Å²) in [6.45, 7) is 11.9. The van der Waals surface area contributed by atoms with Crippen LogP contribution in [0.5, 0.6) is 0 Å². The van der Waals surface area contributed by atoms with Crippen molar-refractivity contribution in [2.24, 2.45) is 5.92 Å². The number of hydrogen-bond donors (Lipinski definition) is 0. The van der Waals surface area contributed by atoms with Gasteiger partial charge in [0.1, 0.15) is 0 Å². The van der Waals surface area contributed by atoms with Crippen LogP contribution in [0.3, 0.4) is 0 Å². The van der Waals surface area contributed by atoms with Gasteiger partial charge in [0, 0.05) is 12.0 Å². The minimum Gasteiger partial charge on any atom is -0.313 e. The summed E-state index contributed by atoms with van der Waals surface area (Å²) in [5.41, 5.74) is 1.04. The van der Waals surface area contributed by atoms with E-state index in [1.807, 2.05) is 64.1 Å². The van der Waals surface area contributed by atoms with Gasteiger partial charge in [-0.05, 0) is 42.3 Å². The van der Waals surface area contributed by atoms with E-state index >= 15 is 4.11 Å². The van der Waals surface area contributed by atoms with Crippen molar-refractivity contribution in [1.82, 2.24) is 0 Å². The number of benzene rings is 1. The first-order valence-electron chi connectivity index (χ1n) is 9.19. The Balaban J connectivity index is 2.60.